The van der Waals surface area contributed by atoms with Crippen LogP contribution in [0.15, 0.2) is 71.5 Å². The molecule has 7 nitrogen and oxygen atoms in total. The molecular formula is C25H19N5O2. The molecule has 2 aromatic carbocycles. The summed E-state index contributed by atoms with van der Waals surface area (Å²) in [4.78, 5) is 8.84. The van der Waals surface area contributed by atoms with E-state index in [0.29, 0.717) is 29.3 Å². The van der Waals surface area contributed by atoms with Crippen molar-refractivity contribution in [3.05, 3.63) is 78.2 Å². The van der Waals surface area contributed by atoms with E-state index in [9.17, 15) is 0 Å². The van der Waals surface area contributed by atoms with Crippen molar-refractivity contribution in [1.29, 1.82) is 0 Å². The maximum Gasteiger partial charge on any atom is 0.214 e. The van der Waals surface area contributed by atoms with Crippen molar-refractivity contribution in [3.8, 4) is 17.0 Å². The van der Waals surface area contributed by atoms with Crippen LogP contribution in [0.25, 0.3) is 44.1 Å². The molecule has 0 spiro atoms. The number of ether oxygens (including phenoxy) is 1. The Hall–Kier alpha value is -4.39. The van der Waals surface area contributed by atoms with Gasteiger partial charge in [0.25, 0.3) is 0 Å². The van der Waals surface area contributed by atoms with Gasteiger partial charge in [0.05, 0.1) is 11.7 Å². The number of nitrogens with two attached hydrogens (primary N) is 1. The third-order valence-electron chi connectivity index (χ3n) is 5.67. The molecule has 4 heterocycles. The highest BCUT2D eigenvalue weighted by Gasteiger charge is 2.17. The number of aromatic amines is 1. The average Bonchev–Trinajstić information content (AvgIpc) is 3.42. The van der Waals surface area contributed by atoms with Crippen LogP contribution in [0.5, 0.6) is 5.88 Å². The molecule has 6 rings (SSSR count). The van der Waals surface area contributed by atoms with Gasteiger partial charge in [-0.2, -0.15) is 5.10 Å². The van der Waals surface area contributed by atoms with E-state index in [0.717, 1.165) is 44.1 Å². The van der Waals surface area contributed by atoms with Crippen molar-refractivity contribution in [3.63, 3.8) is 0 Å². The predicted molar refractivity (Wildman–Crippen MR) is 124 cm³/mol. The van der Waals surface area contributed by atoms with Crippen LogP contribution in [0.2, 0.25) is 0 Å². The monoisotopic (exact) mass is 421 g/mol. The van der Waals surface area contributed by atoms with E-state index in [1.165, 1.54) is 0 Å². The SMILES string of the molecule is Cc1ccc2[nH]ncc2c1-c1cc2c(cc1N)oc1ccc(OCc3cccnc3)nc12. The zero-order valence-corrected chi connectivity index (χ0v) is 17.3. The normalized spacial score (nSPS) is 11.5. The van der Waals surface area contributed by atoms with E-state index in [2.05, 4.69) is 28.2 Å². The highest BCUT2D eigenvalue weighted by atomic mass is 16.5. The molecule has 0 amide bonds. The van der Waals surface area contributed by atoms with Crippen molar-refractivity contribution >= 4 is 38.7 Å². The van der Waals surface area contributed by atoms with Crippen molar-refractivity contribution in [2.45, 2.75) is 13.5 Å². The summed E-state index contributed by atoms with van der Waals surface area (Å²) in [6, 6.07) is 15.5. The number of furan rings is 1. The smallest absolute Gasteiger partial charge is 0.214 e. The molecule has 4 aromatic heterocycles. The fraction of sp³-hybridized carbons (Fsp3) is 0.0800. The Labute approximate surface area is 182 Å². The molecule has 3 N–H and O–H groups in total. The van der Waals surface area contributed by atoms with Gasteiger partial charge in [-0.25, -0.2) is 4.98 Å². The van der Waals surface area contributed by atoms with E-state index >= 15 is 0 Å². The number of pyridine rings is 2. The fourth-order valence-corrected chi connectivity index (χ4v) is 4.11. The number of nitrogens with zero attached hydrogens (tertiary/aromatic N) is 3. The van der Waals surface area contributed by atoms with Gasteiger partial charge in [-0.3, -0.25) is 10.1 Å². The van der Waals surface area contributed by atoms with Gasteiger partial charge >= 0.3 is 0 Å². The van der Waals surface area contributed by atoms with E-state index in [-0.39, 0.29) is 0 Å². The van der Waals surface area contributed by atoms with Crippen LogP contribution >= 0.6 is 0 Å². The zero-order chi connectivity index (χ0) is 21.7. The van der Waals surface area contributed by atoms with Crippen LogP contribution in [0.4, 0.5) is 5.69 Å². The Bertz CT molecular complexity index is 1600. The number of H-pyrrole nitrogens is 1. The van der Waals surface area contributed by atoms with Crippen LogP contribution < -0.4 is 10.5 Å². The number of hydrogen-bond donors (Lipinski definition) is 2. The number of fused-ring (bicyclic) bond motifs is 4. The molecule has 0 aliphatic carbocycles. The second-order valence-electron chi connectivity index (χ2n) is 7.77. The van der Waals surface area contributed by atoms with Crippen LogP contribution in [-0.4, -0.2) is 20.2 Å². The Kier molecular flexibility index (Phi) is 4.07. The lowest BCUT2D eigenvalue weighted by Gasteiger charge is -2.11. The number of nitrogen functional groups attached to an aromatic ring is 1. The van der Waals surface area contributed by atoms with Crippen molar-refractivity contribution in [2.75, 3.05) is 5.73 Å². The standard InChI is InChI=1S/C25H19N5O2/c1-14-4-5-20-18(12-28-30-20)24(14)16-9-17-22(10-19(16)26)32-21-6-7-23(29-25(17)21)31-13-15-3-2-8-27-11-15/h2-12H,13,26H2,1H3,(H,28,30). The Morgan fingerprint density at radius 1 is 1.03 bits per heavy atom. The van der Waals surface area contributed by atoms with Crippen LogP contribution in [-0.2, 0) is 6.61 Å². The molecule has 0 bridgehead atoms. The highest BCUT2D eigenvalue weighted by molar-refractivity contribution is 6.09. The second-order valence-corrected chi connectivity index (χ2v) is 7.77. The number of nitrogens with one attached hydrogen (secondary N) is 1. The molecule has 0 aliphatic heterocycles. The van der Waals surface area contributed by atoms with Crippen molar-refractivity contribution < 1.29 is 9.15 Å². The molecule has 32 heavy (non-hydrogen) atoms. The Balaban J connectivity index is 1.48. The summed E-state index contributed by atoms with van der Waals surface area (Å²) in [6.45, 7) is 2.46. The number of aromatic nitrogens is 4. The largest absolute Gasteiger partial charge is 0.473 e. The summed E-state index contributed by atoms with van der Waals surface area (Å²) < 4.78 is 11.9. The molecule has 0 fully saturated rings. The molecule has 0 unspecified atom stereocenters. The molecule has 6 aromatic rings. The lowest BCUT2D eigenvalue weighted by atomic mass is 9.94. The van der Waals surface area contributed by atoms with Gasteiger partial charge < -0.3 is 14.9 Å². The topological polar surface area (TPSA) is 103 Å². The van der Waals surface area contributed by atoms with E-state index < -0.39 is 0 Å². The van der Waals surface area contributed by atoms with Gasteiger partial charge in [0.2, 0.25) is 5.88 Å². The second kappa shape index (κ2) is 7.09. The summed E-state index contributed by atoms with van der Waals surface area (Å²) in [5, 5.41) is 9.14. The maximum atomic E-state index is 6.47. The van der Waals surface area contributed by atoms with Crippen LogP contribution in [0.1, 0.15) is 11.1 Å². The quantitative estimate of drug-likeness (QED) is 0.370. The van der Waals surface area contributed by atoms with E-state index in [4.69, 9.17) is 19.9 Å². The Morgan fingerprint density at radius 3 is 2.84 bits per heavy atom. The predicted octanol–water partition coefficient (Wildman–Crippen LogP) is 5.39. The molecule has 7 heteroatoms. The third kappa shape index (κ3) is 2.94. The Morgan fingerprint density at radius 2 is 1.97 bits per heavy atom. The van der Waals surface area contributed by atoms with Gasteiger partial charge in [0.15, 0.2) is 5.58 Å². The van der Waals surface area contributed by atoms with E-state index in [1.807, 2.05) is 48.7 Å². The summed E-state index contributed by atoms with van der Waals surface area (Å²) in [6.07, 6.45) is 5.34. The minimum absolute atomic E-state index is 0.391. The summed E-state index contributed by atoms with van der Waals surface area (Å²) >= 11 is 0. The average molecular weight is 421 g/mol. The van der Waals surface area contributed by atoms with Crippen LogP contribution in [0, 0.1) is 6.92 Å². The lowest BCUT2D eigenvalue weighted by molar-refractivity contribution is 0.294. The number of aryl methyl sites for hydroxylation is 1. The van der Waals surface area contributed by atoms with Gasteiger partial charge in [0, 0.05) is 52.1 Å². The minimum atomic E-state index is 0.391. The van der Waals surface area contributed by atoms with Gasteiger partial charge in [0.1, 0.15) is 17.7 Å². The molecule has 0 atom stereocenters. The van der Waals surface area contributed by atoms with E-state index in [1.54, 1.807) is 12.4 Å². The molecule has 0 saturated carbocycles. The number of rotatable bonds is 4. The highest BCUT2D eigenvalue weighted by Crippen LogP contribution is 2.39. The van der Waals surface area contributed by atoms with Gasteiger partial charge in [-0.1, -0.05) is 12.1 Å². The fourth-order valence-electron chi connectivity index (χ4n) is 4.11. The molecule has 0 saturated heterocycles. The molecular weight excluding hydrogens is 402 g/mol. The van der Waals surface area contributed by atoms with Crippen LogP contribution in [0.3, 0.4) is 0 Å². The lowest BCUT2D eigenvalue weighted by Crippen LogP contribution is -1.97. The maximum absolute atomic E-state index is 6.47. The number of hydrogen-bond acceptors (Lipinski definition) is 6. The van der Waals surface area contributed by atoms with Crippen molar-refractivity contribution in [2.24, 2.45) is 0 Å². The molecule has 0 radical (unpaired) electrons. The van der Waals surface area contributed by atoms with Gasteiger partial charge in [-0.15, -0.1) is 0 Å². The summed E-state index contributed by atoms with van der Waals surface area (Å²) in [5.41, 5.74) is 14.3. The first-order valence-corrected chi connectivity index (χ1v) is 10.2. The first-order valence-electron chi connectivity index (χ1n) is 10.2. The summed E-state index contributed by atoms with van der Waals surface area (Å²) in [7, 11) is 0. The zero-order valence-electron chi connectivity index (χ0n) is 17.3. The van der Waals surface area contributed by atoms with Crippen molar-refractivity contribution in [1.82, 2.24) is 20.2 Å². The molecule has 156 valence electrons. The number of benzene rings is 2. The first kappa shape index (κ1) is 18.4. The first-order chi connectivity index (χ1) is 15.7. The third-order valence-corrected chi connectivity index (χ3v) is 5.67. The number of anilines is 1. The minimum Gasteiger partial charge on any atom is -0.473 e. The molecule has 0 aliphatic rings. The summed E-state index contributed by atoms with van der Waals surface area (Å²) in [5.74, 6) is 0.524. The van der Waals surface area contributed by atoms with Gasteiger partial charge in [-0.05, 0) is 42.3 Å².